The van der Waals surface area contributed by atoms with Crippen molar-refractivity contribution in [1.29, 1.82) is 0 Å². The Kier molecular flexibility index (Phi) is 3.26. The van der Waals surface area contributed by atoms with Crippen molar-refractivity contribution < 1.29 is 14.4 Å². The summed E-state index contributed by atoms with van der Waals surface area (Å²) >= 11 is 0. The molecular weight excluding hydrogens is 187 g/mol. The van der Waals surface area contributed by atoms with Gasteiger partial charge < -0.3 is 9.79 Å². The molecule has 0 bridgehead atoms. The maximum atomic E-state index is 10.9. The van der Waals surface area contributed by atoms with Gasteiger partial charge in [0.15, 0.2) is 0 Å². The van der Waals surface area contributed by atoms with E-state index >= 15 is 0 Å². The van der Waals surface area contributed by atoms with Gasteiger partial charge in [-0.25, -0.2) is 0 Å². The van der Waals surface area contributed by atoms with Gasteiger partial charge in [-0.2, -0.15) is 0 Å². The van der Waals surface area contributed by atoms with Crippen LogP contribution in [0.1, 0.15) is 18.9 Å². The highest BCUT2D eigenvalue weighted by atomic mass is 31.2. The quantitative estimate of drug-likeness (QED) is 0.726. The molecule has 0 aliphatic heterocycles. The highest BCUT2D eigenvalue weighted by Crippen LogP contribution is 2.33. The summed E-state index contributed by atoms with van der Waals surface area (Å²) in [5, 5.41) is 0.110. The standard InChI is InChI=1S/C9H13O3P/c1-2-4-8-5-3-6-9(7-8)13(10,11)12/h3,5-7H,2,4H2,1H3,(H2,10,11,12). The molecule has 72 valence electrons. The van der Waals surface area contributed by atoms with Crippen molar-refractivity contribution in [2.75, 3.05) is 0 Å². The third-order valence-electron chi connectivity index (χ3n) is 1.79. The van der Waals surface area contributed by atoms with E-state index in [4.69, 9.17) is 9.79 Å². The molecule has 0 heterocycles. The number of hydrogen-bond acceptors (Lipinski definition) is 1. The Morgan fingerprint density at radius 3 is 2.62 bits per heavy atom. The van der Waals surface area contributed by atoms with Gasteiger partial charge >= 0.3 is 7.60 Å². The monoisotopic (exact) mass is 200 g/mol. The molecule has 2 N–H and O–H groups in total. The van der Waals surface area contributed by atoms with Crippen molar-refractivity contribution in [2.24, 2.45) is 0 Å². The first-order valence-electron chi connectivity index (χ1n) is 4.19. The van der Waals surface area contributed by atoms with Crippen LogP contribution in [-0.2, 0) is 11.0 Å². The first-order valence-corrected chi connectivity index (χ1v) is 5.80. The van der Waals surface area contributed by atoms with Gasteiger partial charge in [-0.3, -0.25) is 4.57 Å². The molecule has 13 heavy (non-hydrogen) atoms. The average molecular weight is 200 g/mol. The van der Waals surface area contributed by atoms with Gasteiger partial charge in [0.25, 0.3) is 0 Å². The van der Waals surface area contributed by atoms with Crippen LogP contribution in [-0.4, -0.2) is 9.79 Å². The van der Waals surface area contributed by atoms with Gasteiger partial charge in [-0.05, 0) is 24.1 Å². The normalized spacial score (nSPS) is 11.6. The molecule has 1 rings (SSSR count). The minimum atomic E-state index is -4.07. The molecule has 0 atom stereocenters. The summed E-state index contributed by atoms with van der Waals surface area (Å²) in [5.41, 5.74) is 0.975. The Hall–Kier alpha value is -0.630. The fourth-order valence-electron chi connectivity index (χ4n) is 1.18. The number of hydrogen-bond donors (Lipinski definition) is 2. The molecule has 0 fully saturated rings. The largest absolute Gasteiger partial charge is 0.356 e. The molecule has 0 saturated heterocycles. The molecule has 1 aromatic carbocycles. The third-order valence-corrected chi connectivity index (χ3v) is 2.74. The molecule has 0 radical (unpaired) electrons. The molecule has 0 aliphatic rings. The number of aryl methyl sites for hydroxylation is 1. The lowest BCUT2D eigenvalue weighted by atomic mass is 10.1. The van der Waals surface area contributed by atoms with E-state index in [1.807, 2.05) is 13.0 Å². The van der Waals surface area contributed by atoms with Gasteiger partial charge in [-0.15, -0.1) is 0 Å². The molecule has 4 heteroatoms. The van der Waals surface area contributed by atoms with Crippen LogP contribution in [0.3, 0.4) is 0 Å². The lowest BCUT2D eigenvalue weighted by Crippen LogP contribution is -2.04. The minimum Gasteiger partial charge on any atom is -0.321 e. The van der Waals surface area contributed by atoms with Crippen molar-refractivity contribution in [2.45, 2.75) is 19.8 Å². The van der Waals surface area contributed by atoms with Gasteiger partial charge in [0, 0.05) is 0 Å². The molecule has 0 spiro atoms. The van der Waals surface area contributed by atoms with Crippen LogP contribution >= 0.6 is 7.60 Å². The molecule has 0 saturated carbocycles. The van der Waals surface area contributed by atoms with Crippen LogP contribution in [0, 0.1) is 0 Å². The van der Waals surface area contributed by atoms with Crippen LogP contribution in [0.25, 0.3) is 0 Å². The second kappa shape index (κ2) is 4.05. The maximum Gasteiger partial charge on any atom is 0.356 e. The lowest BCUT2D eigenvalue weighted by molar-refractivity contribution is 0.387. The van der Waals surface area contributed by atoms with Gasteiger partial charge in [0.1, 0.15) is 0 Å². The zero-order chi connectivity index (χ0) is 9.90. The highest BCUT2D eigenvalue weighted by molar-refractivity contribution is 7.60. The fraction of sp³-hybridized carbons (Fsp3) is 0.333. The van der Waals surface area contributed by atoms with Crippen molar-refractivity contribution in [3.05, 3.63) is 29.8 Å². The predicted octanol–water partition coefficient (Wildman–Crippen LogP) is 1.44. The Balaban J connectivity index is 2.99. The summed E-state index contributed by atoms with van der Waals surface area (Å²) in [6.07, 6.45) is 1.83. The lowest BCUT2D eigenvalue weighted by Gasteiger charge is -2.05. The Morgan fingerprint density at radius 2 is 2.08 bits per heavy atom. The zero-order valence-electron chi connectivity index (χ0n) is 7.47. The summed E-state index contributed by atoms with van der Waals surface area (Å²) in [4.78, 5) is 17.8. The van der Waals surface area contributed by atoms with Crippen molar-refractivity contribution in [1.82, 2.24) is 0 Å². The van der Waals surface area contributed by atoms with Crippen molar-refractivity contribution in [3.8, 4) is 0 Å². The van der Waals surface area contributed by atoms with Crippen molar-refractivity contribution >= 4 is 12.9 Å². The topological polar surface area (TPSA) is 57.5 Å². The molecule has 0 aliphatic carbocycles. The van der Waals surface area contributed by atoms with E-state index in [1.165, 1.54) is 6.07 Å². The molecule has 0 unspecified atom stereocenters. The SMILES string of the molecule is CCCc1cccc(P(=O)(O)O)c1. The van der Waals surface area contributed by atoms with Crippen LogP contribution in [0.4, 0.5) is 0 Å². The molecule has 0 aromatic heterocycles. The zero-order valence-corrected chi connectivity index (χ0v) is 8.37. The van der Waals surface area contributed by atoms with Crippen molar-refractivity contribution in [3.63, 3.8) is 0 Å². The van der Waals surface area contributed by atoms with Gasteiger partial charge in [0.05, 0.1) is 5.30 Å². The maximum absolute atomic E-state index is 10.9. The number of rotatable bonds is 3. The van der Waals surface area contributed by atoms with E-state index in [0.717, 1.165) is 18.4 Å². The molecular formula is C9H13O3P. The second-order valence-electron chi connectivity index (χ2n) is 2.96. The van der Waals surface area contributed by atoms with E-state index in [1.54, 1.807) is 12.1 Å². The Bertz CT molecular complexity index is 329. The van der Waals surface area contributed by atoms with Gasteiger partial charge in [-0.1, -0.05) is 25.5 Å². The van der Waals surface area contributed by atoms with E-state index in [9.17, 15) is 4.57 Å². The van der Waals surface area contributed by atoms with E-state index < -0.39 is 7.60 Å². The van der Waals surface area contributed by atoms with Crippen LogP contribution < -0.4 is 5.30 Å². The minimum absolute atomic E-state index is 0.110. The smallest absolute Gasteiger partial charge is 0.321 e. The summed E-state index contributed by atoms with van der Waals surface area (Å²) in [5.74, 6) is 0. The number of benzene rings is 1. The van der Waals surface area contributed by atoms with Crippen LogP contribution in [0.5, 0.6) is 0 Å². The predicted molar refractivity (Wildman–Crippen MR) is 52.1 cm³/mol. The summed E-state index contributed by atoms with van der Waals surface area (Å²) in [6.45, 7) is 2.03. The van der Waals surface area contributed by atoms with Gasteiger partial charge in [0.2, 0.25) is 0 Å². The fourth-order valence-corrected chi connectivity index (χ4v) is 1.80. The van der Waals surface area contributed by atoms with Crippen LogP contribution in [0.2, 0.25) is 0 Å². The Labute approximate surface area is 77.6 Å². The third kappa shape index (κ3) is 2.96. The van der Waals surface area contributed by atoms with Crippen LogP contribution in [0.15, 0.2) is 24.3 Å². The molecule has 3 nitrogen and oxygen atoms in total. The molecule has 0 amide bonds. The second-order valence-corrected chi connectivity index (χ2v) is 4.57. The summed E-state index contributed by atoms with van der Waals surface area (Å²) < 4.78 is 10.9. The first kappa shape index (κ1) is 10.5. The van der Waals surface area contributed by atoms with E-state index in [-0.39, 0.29) is 5.30 Å². The van der Waals surface area contributed by atoms with E-state index in [2.05, 4.69) is 0 Å². The average Bonchev–Trinajstić information content (AvgIpc) is 2.04. The molecule has 1 aromatic rings. The summed E-state index contributed by atoms with van der Waals surface area (Å²) in [7, 11) is -4.07. The summed E-state index contributed by atoms with van der Waals surface area (Å²) in [6, 6.07) is 6.59. The van der Waals surface area contributed by atoms with E-state index in [0.29, 0.717) is 0 Å². The first-order chi connectivity index (χ1) is 6.04. The highest BCUT2D eigenvalue weighted by Gasteiger charge is 2.16. The Morgan fingerprint density at radius 1 is 1.38 bits per heavy atom.